The average Bonchev–Trinajstić information content (AvgIpc) is 3.18. The number of carbonyl (C=O) groups is 2. The quantitative estimate of drug-likeness (QED) is 0.0291. The van der Waals surface area contributed by atoms with Gasteiger partial charge in [0.15, 0.2) is 12.4 Å². The predicted octanol–water partition coefficient (Wildman–Crippen LogP) is 8.44. The first-order valence-electron chi connectivity index (χ1n) is 21.0. The minimum absolute atomic E-state index is 0.195. The molecule has 6 unspecified atom stereocenters. The lowest BCUT2D eigenvalue weighted by Gasteiger charge is -2.39. The van der Waals surface area contributed by atoms with Gasteiger partial charge < -0.3 is 39.4 Å². The third-order valence-corrected chi connectivity index (χ3v) is 9.06. The molecule has 10 heteroatoms. The highest BCUT2D eigenvalue weighted by Crippen LogP contribution is 2.22. The summed E-state index contributed by atoms with van der Waals surface area (Å²) in [7, 11) is 0. The van der Waals surface area contributed by atoms with E-state index in [0.717, 1.165) is 96.3 Å². The van der Waals surface area contributed by atoms with Crippen molar-refractivity contribution in [1.29, 1.82) is 0 Å². The second kappa shape index (κ2) is 35.5. The van der Waals surface area contributed by atoms with Crippen molar-refractivity contribution in [3.05, 3.63) is 72.9 Å². The lowest BCUT2D eigenvalue weighted by Crippen LogP contribution is -2.59. The maximum absolute atomic E-state index is 12.7. The minimum Gasteiger partial charge on any atom is -0.462 e. The summed E-state index contributed by atoms with van der Waals surface area (Å²) in [6.07, 6.45) is 36.2. The van der Waals surface area contributed by atoms with Gasteiger partial charge in [0, 0.05) is 12.8 Å². The van der Waals surface area contributed by atoms with Crippen molar-refractivity contribution < 1.29 is 49.0 Å². The van der Waals surface area contributed by atoms with Crippen molar-refractivity contribution >= 4 is 11.9 Å². The van der Waals surface area contributed by atoms with Crippen LogP contribution in [0.15, 0.2) is 72.9 Å². The first-order chi connectivity index (χ1) is 26.8. The van der Waals surface area contributed by atoms with E-state index in [-0.39, 0.29) is 26.1 Å². The van der Waals surface area contributed by atoms with Gasteiger partial charge in [0.25, 0.3) is 0 Å². The Bertz CT molecular complexity index is 1120. The Kier molecular flexibility index (Phi) is 32.4. The Labute approximate surface area is 332 Å². The van der Waals surface area contributed by atoms with E-state index in [1.54, 1.807) is 0 Å². The van der Waals surface area contributed by atoms with Crippen LogP contribution < -0.4 is 0 Å². The van der Waals surface area contributed by atoms with E-state index < -0.39 is 55.4 Å². The zero-order valence-electron chi connectivity index (χ0n) is 33.9. The third-order valence-electron chi connectivity index (χ3n) is 9.06. The molecule has 10 nitrogen and oxygen atoms in total. The Balaban J connectivity index is 2.40. The van der Waals surface area contributed by atoms with Crippen molar-refractivity contribution in [3.8, 4) is 0 Å². The van der Waals surface area contributed by atoms with E-state index in [0.29, 0.717) is 12.8 Å². The van der Waals surface area contributed by atoms with E-state index in [4.69, 9.17) is 18.9 Å². The van der Waals surface area contributed by atoms with Gasteiger partial charge in [0.1, 0.15) is 31.0 Å². The molecule has 1 fully saturated rings. The van der Waals surface area contributed by atoms with Crippen LogP contribution >= 0.6 is 0 Å². The molecular weight excluding hydrogens is 700 g/mol. The fourth-order valence-corrected chi connectivity index (χ4v) is 5.74. The van der Waals surface area contributed by atoms with Crippen LogP contribution in [0.1, 0.15) is 142 Å². The van der Waals surface area contributed by atoms with Crippen LogP contribution in [0.5, 0.6) is 0 Å². The van der Waals surface area contributed by atoms with Crippen LogP contribution in [0.25, 0.3) is 0 Å². The van der Waals surface area contributed by atoms with E-state index in [1.165, 1.54) is 6.42 Å². The van der Waals surface area contributed by atoms with Gasteiger partial charge in [-0.25, -0.2) is 0 Å². The van der Waals surface area contributed by atoms with Crippen molar-refractivity contribution in [1.82, 2.24) is 0 Å². The molecular formula is C45H74O10. The molecule has 0 radical (unpaired) electrons. The molecule has 0 aromatic carbocycles. The lowest BCUT2D eigenvalue weighted by atomic mass is 9.99. The predicted molar refractivity (Wildman–Crippen MR) is 219 cm³/mol. The monoisotopic (exact) mass is 775 g/mol. The van der Waals surface area contributed by atoms with E-state index >= 15 is 0 Å². The van der Waals surface area contributed by atoms with E-state index in [2.05, 4.69) is 86.8 Å². The van der Waals surface area contributed by atoms with Crippen molar-refractivity contribution in [2.45, 2.75) is 179 Å². The largest absolute Gasteiger partial charge is 0.462 e. The van der Waals surface area contributed by atoms with Crippen LogP contribution in [-0.2, 0) is 28.5 Å². The van der Waals surface area contributed by atoms with Gasteiger partial charge in [-0.3, -0.25) is 9.59 Å². The molecule has 6 atom stereocenters. The fourth-order valence-electron chi connectivity index (χ4n) is 5.74. The summed E-state index contributed by atoms with van der Waals surface area (Å²) in [6.45, 7) is 3.18. The Morgan fingerprint density at radius 3 is 1.62 bits per heavy atom. The van der Waals surface area contributed by atoms with Crippen LogP contribution in [0.4, 0.5) is 0 Å². The molecule has 55 heavy (non-hydrogen) atoms. The van der Waals surface area contributed by atoms with Crippen LogP contribution in [-0.4, -0.2) is 89.0 Å². The Hall–Kier alpha value is -2.86. The van der Waals surface area contributed by atoms with Crippen molar-refractivity contribution in [2.75, 3.05) is 19.8 Å². The smallest absolute Gasteiger partial charge is 0.306 e. The average molecular weight is 775 g/mol. The van der Waals surface area contributed by atoms with Gasteiger partial charge in [0.2, 0.25) is 0 Å². The molecule has 0 aromatic heterocycles. The molecule has 0 amide bonds. The summed E-state index contributed by atoms with van der Waals surface area (Å²) in [5.41, 5.74) is 0. The highest BCUT2D eigenvalue weighted by Gasteiger charge is 2.44. The Morgan fingerprint density at radius 2 is 1.07 bits per heavy atom. The highest BCUT2D eigenvalue weighted by atomic mass is 16.7. The topological polar surface area (TPSA) is 152 Å². The summed E-state index contributed by atoms with van der Waals surface area (Å²) in [6, 6.07) is 0. The molecule has 1 rings (SSSR count). The second-order valence-corrected chi connectivity index (χ2v) is 14.1. The van der Waals surface area contributed by atoms with Gasteiger partial charge in [-0.2, -0.15) is 0 Å². The summed E-state index contributed by atoms with van der Waals surface area (Å²) >= 11 is 0. The fraction of sp³-hybridized carbons (Fsp3) is 0.689. The number of hydrogen-bond donors (Lipinski definition) is 4. The number of unbranched alkanes of at least 4 members (excludes halogenated alkanes) is 10. The molecule has 0 saturated carbocycles. The summed E-state index contributed by atoms with van der Waals surface area (Å²) in [5.74, 6) is -0.860. The van der Waals surface area contributed by atoms with Crippen LogP contribution in [0, 0.1) is 0 Å². The Morgan fingerprint density at radius 1 is 0.582 bits per heavy atom. The maximum atomic E-state index is 12.7. The molecule has 0 bridgehead atoms. The van der Waals surface area contributed by atoms with E-state index in [1.807, 2.05) is 0 Å². The molecule has 1 saturated heterocycles. The standard InChI is InChI=1S/C45H74O10/c1-3-5-7-9-11-13-15-17-18-19-20-22-24-26-28-30-32-34-41(48)54-38(37-53-45-44(51)43(50)42(49)39(35-46)55-45)36-52-40(47)33-31-29-27-25-23-21-16-14-12-10-8-6-4-2/h5,7-8,10-11,13-14,16-18,20,22,38-39,42-46,49-51H,3-4,6,9,12,15,19,21,23-37H2,1-2H3/b7-5-,10-8-,13-11-,16-14-,18-17-,22-20-. The number of hydrogen-bond acceptors (Lipinski definition) is 10. The number of allylic oxidation sites excluding steroid dienone is 12. The van der Waals surface area contributed by atoms with Crippen LogP contribution in [0.2, 0.25) is 0 Å². The number of esters is 2. The van der Waals surface area contributed by atoms with Gasteiger partial charge in [-0.05, 0) is 77.0 Å². The molecule has 1 aliphatic heterocycles. The number of carbonyl (C=O) groups excluding carboxylic acids is 2. The molecule has 0 aliphatic carbocycles. The van der Waals surface area contributed by atoms with Crippen molar-refractivity contribution in [2.24, 2.45) is 0 Å². The molecule has 4 N–H and O–H groups in total. The SMILES string of the molecule is CC/C=C\C/C=C\C/C=C\C/C=C\CCCCCCC(=O)OC(COC(=O)CCCCCCC/C=C\C/C=C\CCC)COC1OC(CO)C(O)C(O)C1O. The molecule has 314 valence electrons. The number of rotatable bonds is 33. The molecule has 0 aromatic rings. The first-order valence-corrected chi connectivity index (χ1v) is 21.0. The van der Waals surface area contributed by atoms with Gasteiger partial charge in [0.05, 0.1) is 13.2 Å². The molecule has 1 aliphatic rings. The maximum Gasteiger partial charge on any atom is 0.306 e. The minimum atomic E-state index is -1.60. The molecule has 0 spiro atoms. The zero-order valence-corrected chi connectivity index (χ0v) is 33.9. The van der Waals surface area contributed by atoms with Gasteiger partial charge >= 0.3 is 11.9 Å². The normalized spacial score (nSPS) is 21.3. The summed E-state index contributed by atoms with van der Waals surface area (Å²) < 4.78 is 22.1. The van der Waals surface area contributed by atoms with Crippen molar-refractivity contribution in [3.63, 3.8) is 0 Å². The molecule has 1 heterocycles. The summed E-state index contributed by atoms with van der Waals surface area (Å²) in [4.78, 5) is 25.3. The van der Waals surface area contributed by atoms with Gasteiger partial charge in [-0.1, -0.05) is 125 Å². The zero-order chi connectivity index (χ0) is 40.2. The van der Waals surface area contributed by atoms with Crippen LogP contribution in [0.3, 0.4) is 0 Å². The summed E-state index contributed by atoms with van der Waals surface area (Å²) in [5, 5.41) is 40.0. The first kappa shape index (κ1) is 50.2. The van der Waals surface area contributed by atoms with E-state index in [9.17, 15) is 30.0 Å². The number of aliphatic hydroxyl groups is 4. The number of aliphatic hydroxyl groups excluding tert-OH is 4. The third kappa shape index (κ3) is 27.4. The highest BCUT2D eigenvalue weighted by molar-refractivity contribution is 5.70. The lowest BCUT2D eigenvalue weighted by molar-refractivity contribution is -0.305. The van der Waals surface area contributed by atoms with Gasteiger partial charge in [-0.15, -0.1) is 0 Å². The number of ether oxygens (including phenoxy) is 4. The second-order valence-electron chi connectivity index (χ2n) is 14.1.